The third-order valence-electron chi connectivity index (χ3n) is 3.03. The second-order valence-corrected chi connectivity index (χ2v) is 7.99. The summed E-state index contributed by atoms with van der Waals surface area (Å²) in [6, 6.07) is 5.30. The monoisotopic (exact) mass is 339 g/mol. The molecule has 0 saturated heterocycles. The minimum absolute atomic E-state index is 0.211. The second kappa shape index (κ2) is 5.38. The van der Waals surface area contributed by atoms with Crippen LogP contribution in [0.4, 0.5) is 5.69 Å². The van der Waals surface area contributed by atoms with Crippen LogP contribution in [0.15, 0.2) is 34.0 Å². The summed E-state index contributed by atoms with van der Waals surface area (Å²) in [6.45, 7) is 1.99. The molecule has 2 heterocycles. The number of nitrogens with zero attached hydrogens (tertiary/aromatic N) is 1. The number of hydrogen-bond acceptors (Lipinski definition) is 6. The molecule has 0 fully saturated rings. The fraction of sp³-hybridized carbons (Fsp3) is 0.154. The molecule has 3 rings (SSSR count). The molecule has 0 atom stereocenters. The Morgan fingerprint density at radius 2 is 2.14 bits per heavy atom. The van der Waals surface area contributed by atoms with Crippen molar-refractivity contribution in [3.63, 3.8) is 0 Å². The maximum absolute atomic E-state index is 12.6. The zero-order chi connectivity index (χ0) is 15.0. The van der Waals surface area contributed by atoms with Crippen molar-refractivity contribution in [2.45, 2.75) is 18.4 Å². The summed E-state index contributed by atoms with van der Waals surface area (Å²) in [5.74, 6) is 0. The summed E-state index contributed by atoms with van der Waals surface area (Å²) >= 11 is 2.84. The van der Waals surface area contributed by atoms with Crippen LogP contribution in [0, 0.1) is 6.92 Å². The number of anilines is 1. The van der Waals surface area contributed by atoms with E-state index in [9.17, 15) is 8.42 Å². The maximum atomic E-state index is 12.6. The lowest BCUT2D eigenvalue weighted by molar-refractivity contribution is 0.600. The molecule has 0 amide bonds. The molecule has 0 aliphatic carbocycles. The number of fused-ring (bicyclic) bond motifs is 1. The van der Waals surface area contributed by atoms with Crippen molar-refractivity contribution in [2.75, 3.05) is 4.72 Å². The molecule has 0 aliphatic heterocycles. The second-order valence-electron chi connectivity index (χ2n) is 4.52. The van der Waals surface area contributed by atoms with Crippen LogP contribution in [0.1, 0.15) is 10.4 Å². The summed E-state index contributed by atoms with van der Waals surface area (Å²) < 4.78 is 28.7. The molecule has 110 valence electrons. The lowest BCUT2D eigenvalue weighted by Crippen LogP contribution is -2.15. The Bertz CT molecular complexity index is 896. The number of thiazole rings is 1. The topological polar surface area (TPSA) is 85.1 Å². The van der Waals surface area contributed by atoms with Crippen LogP contribution < -0.4 is 10.5 Å². The molecule has 21 heavy (non-hydrogen) atoms. The fourth-order valence-corrected chi connectivity index (χ4v) is 5.58. The summed E-state index contributed by atoms with van der Waals surface area (Å²) in [4.78, 5) is 5.13. The highest BCUT2D eigenvalue weighted by molar-refractivity contribution is 7.93. The molecule has 3 aromatic rings. The van der Waals surface area contributed by atoms with E-state index in [-0.39, 0.29) is 6.54 Å². The highest BCUT2D eigenvalue weighted by Gasteiger charge is 2.22. The minimum atomic E-state index is -3.63. The average molecular weight is 339 g/mol. The van der Waals surface area contributed by atoms with Crippen LogP contribution in [0.5, 0.6) is 0 Å². The van der Waals surface area contributed by atoms with Crippen LogP contribution >= 0.6 is 22.7 Å². The van der Waals surface area contributed by atoms with Crippen molar-refractivity contribution in [3.8, 4) is 0 Å². The third-order valence-corrected chi connectivity index (χ3v) is 6.68. The van der Waals surface area contributed by atoms with Crippen molar-refractivity contribution in [1.29, 1.82) is 0 Å². The van der Waals surface area contributed by atoms with Crippen LogP contribution in [0.25, 0.3) is 10.2 Å². The normalized spacial score (nSPS) is 11.9. The van der Waals surface area contributed by atoms with E-state index < -0.39 is 10.0 Å². The van der Waals surface area contributed by atoms with Gasteiger partial charge in [-0.2, -0.15) is 0 Å². The van der Waals surface area contributed by atoms with Gasteiger partial charge in [-0.25, -0.2) is 13.4 Å². The Hall–Kier alpha value is -1.48. The Labute approximate surface area is 130 Å². The van der Waals surface area contributed by atoms with E-state index in [4.69, 9.17) is 5.73 Å². The van der Waals surface area contributed by atoms with Gasteiger partial charge in [-0.15, -0.1) is 22.7 Å². The summed E-state index contributed by atoms with van der Waals surface area (Å²) in [5, 5.41) is 1.81. The number of hydrogen-bond donors (Lipinski definition) is 2. The molecular formula is C13H13N3O2S3. The first-order chi connectivity index (χ1) is 10.0. The minimum Gasteiger partial charge on any atom is -0.326 e. The molecule has 0 spiro atoms. The maximum Gasteiger partial charge on any atom is 0.263 e. The molecule has 3 N–H and O–H groups in total. The number of benzene rings is 1. The Morgan fingerprint density at radius 1 is 1.33 bits per heavy atom. The van der Waals surface area contributed by atoms with E-state index in [0.29, 0.717) is 21.0 Å². The molecule has 1 aromatic carbocycles. The number of rotatable bonds is 4. The molecule has 8 heteroatoms. The highest BCUT2D eigenvalue weighted by Crippen LogP contribution is 2.29. The SMILES string of the molecule is Cc1csc(CN)c1S(=O)(=O)Nc1ccc2ncsc2c1. The number of sulfonamides is 1. The van der Waals surface area contributed by atoms with E-state index in [1.54, 1.807) is 30.6 Å². The van der Waals surface area contributed by atoms with E-state index in [1.165, 1.54) is 22.7 Å². The van der Waals surface area contributed by atoms with Crippen LogP contribution in [-0.2, 0) is 16.6 Å². The van der Waals surface area contributed by atoms with Gasteiger partial charge in [0, 0.05) is 11.4 Å². The Morgan fingerprint density at radius 3 is 2.90 bits per heavy atom. The van der Waals surface area contributed by atoms with Crippen LogP contribution in [0.2, 0.25) is 0 Å². The van der Waals surface area contributed by atoms with Gasteiger partial charge in [-0.1, -0.05) is 0 Å². The number of nitrogens with two attached hydrogens (primary N) is 1. The lowest BCUT2D eigenvalue weighted by atomic mass is 10.3. The largest absolute Gasteiger partial charge is 0.326 e. The molecule has 0 saturated carbocycles. The van der Waals surface area contributed by atoms with Crippen LogP contribution in [-0.4, -0.2) is 13.4 Å². The van der Waals surface area contributed by atoms with Gasteiger partial charge in [0.15, 0.2) is 0 Å². The Balaban J connectivity index is 2.00. The molecule has 0 bridgehead atoms. The predicted octanol–water partition coefficient (Wildman–Crippen LogP) is 2.93. The van der Waals surface area contributed by atoms with E-state index in [0.717, 1.165) is 10.2 Å². The first-order valence-corrected chi connectivity index (χ1v) is 9.38. The molecule has 5 nitrogen and oxygen atoms in total. The third kappa shape index (κ3) is 2.67. The first-order valence-electron chi connectivity index (χ1n) is 6.14. The summed E-state index contributed by atoms with van der Waals surface area (Å²) in [6.07, 6.45) is 0. The number of aromatic nitrogens is 1. The van der Waals surface area contributed by atoms with Crippen LogP contribution in [0.3, 0.4) is 0 Å². The van der Waals surface area contributed by atoms with Crippen molar-refractivity contribution in [3.05, 3.63) is 39.5 Å². The summed E-state index contributed by atoms with van der Waals surface area (Å²) in [7, 11) is -3.63. The van der Waals surface area contributed by atoms with Gasteiger partial charge in [0.1, 0.15) is 4.90 Å². The Kier molecular flexibility index (Phi) is 3.70. The number of nitrogens with one attached hydrogen (secondary N) is 1. The first kappa shape index (κ1) is 14.5. The van der Waals surface area contributed by atoms with E-state index in [2.05, 4.69) is 9.71 Å². The van der Waals surface area contributed by atoms with Crippen molar-refractivity contribution >= 4 is 48.6 Å². The van der Waals surface area contributed by atoms with Gasteiger partial charge < -0.3 is 5.73 Å². The molecule has 0 radical (unpaired) electrons. The fourth-order valence-electron chi connectivity index (χ4n) is 2.11. The molecule has 0 unspecified atom stereocenters. The van der Waals surface area contributed by atoms with Gasteiger partial charge in [-0.3, -0.25) is 4.72 Å². The average Bonchev–Trinajstić information content (AvgIpc) is 3.03. The van der Waals surface area contributed by atoms with E-state index in [1.807, 2.05) is 5.38 Å². The van der Waals surface area contributed by atoms with Crippen molar-refractivity contribution < 1.29 is 8.42 Å². The van der Waals surface area contributed by atoms with Gasteiger partial charge in [-0.05, 0) is 36.1 Å². The number of thiophene rings is 1. The van der Waals surface area contributed by atoms with Crippen molar-refractivity contribution in [1.82, 2.24) is 4.98 Å². The van der Waals surface area contributed by atoms with E-state index >= 15 is 0 Å². The molecule has 2 aromatic heterocycles. The molecular weight excluding hydrogens is 326 g/mol. The summed E-state index contributed by atoms with van der Waals surface area (Å²) in [5.41, 5.74) is 9.46. The standard InChI is InChI=1S/C13H13N3O2S3/c1-8-6-19-12(5-14)13(8)21(17,18)16-9-2-3-10-11(4-9)20-7-15-10/h2-4,6-7,16H,5,14H2,1H3. The predicted molar refractivity (Wildman–Crippen MR) is 87.4 cm³/mol. The zero-order valence-corrected chi connectivity index (χ0v) is 13.6. The van der Waals surface area contributed by atoms with Gasteiger partial charge >= 0.3 is 0 Å². The lowest BCUT2D eigenvalue weighted by Gasteiger charge is -2.09. The van der Waals surface area contributed by atoms with Gasteiger partial charge in [0.05, 0.1) is 21.4 Å². The quantitative estimate of drug-likeness (QED) is 0.765. The van der Waals surface area contributed by atoms with Crippen molar-refractivity contribution in [2.24, 2.45) is 5.73 Å². The van der Waals surface area contributed by atoms with Gasteiger partial charge in [0.2, 0.25) is 0 Å². The smallest absolute Gasteiger partial charge is 0.263 e. The highest BCUT2D eigenvalue weighted by atomic mass is 32.2. The van der Waals surface area contributed by atoms with Gasteiger partial charge in [0.25, 0.3) is 10.0 Å². The molecule has 0 aliphatic rings. The number of aryl methyl sites for hydroxylation is 1. The zero-order valence-electron chi connectivity index (χ0n) is 11.2.